The van der Waals surface area contributed by atoms with Crippen LogP contribution in [0.1, 0.15) is 11.1 Å². The van der Waals surface area contributed by atoms with Crippen LogP contribution in [0.5, 0.6) is 0 Å². The third-order valence-corrected chi connectivity index (χ3v) is 4.11. The van der Waals surface area contributed by atoms with E-state index in [0.29, 0.717) is 5.82 Å². The highest BCUT2D eigenvalue weighted by Gasteiger charge is 2.09. The highest BCUT2D eigenvalue weighted by Crippen LogP contribution is 2.21. The maximum absolute atomic E-state index is 5.81. The van der Waals surface area contributed by atoms with Gasteiger partial charge in [-0.05, 0) is 29.3 Å². The van der Waals surface area contributed by atoms with E-state index in [2.05, 4.69) is 43.9 Å². The van der Waals surface area contributed by atoms with Gasteiger partial charge >= 0.3 is 0 Å². The Labute approximate surface area is 145 Å². The average molecular weight is 330 g/mol. The first-order valence-corrected chi connectivity index (χ1v) is 8.07. The van der Waals surface area contributed by atoms with E-state index in [1.165, 1.54) is 11.1 Å². The largest absolute Gasteiger partial charge is 0.384 e. The number of nitrogen functional groups attached to an aromatic ring is 1. The molecule has 0 saturated carbocycles. The van der Waals surface area contributed by atoms with E-state index in [9.17, 15) is 0 Å². The minimum absolute atomic E-state index is 0.492. The average Bonchev–Trinajstić information content (AvgIpc) is 3.28. The summed E-state index contributed by atoms with van der Waals surface area (Å²) in [4.78, 5) is 8.54. The molecule has 2 N–H and O–H groups in total. The predicted molar refractivity (Wildman–Crippen MR) is 96.7 cm³/mol. The fraction of sp³-hybridized carbons (Fsp3) is 0.105. The lowest BCUT2D eigenvalue weighted by molar-refractivity contribution is 0.674. The molecule has 0 aliphatic heterocycles. The van der Waals surface area contributed by atoms with Crippen molar-refractivity contribution in [1.82, 2.24) is 24.3 Å². The molecule has 124 valence electrons. The lowest BCUT2D eigenvalue weighted by Crippen LogP contribution is -2.07. The number of imidazole rings is 1. The van der Waals surface area contributed by atoms with Gasteiger partial charge in [-0.3, -0.25) is 4.68 Å². The molecule has 25 heavy (non-hydrogen) atoms. The zero-order valence-corrected chi connectivity index (χ0v) is 13.7. The SMILES string of the molecule is Nc1cc(-c2nccn2Cc2ccccc2Cn2cccn2)ccn1. The van der Waals surface area contributed by atoms with Gasteiger partial charge in [0.15, 0.2) is 0 Å². The van der Waals surface area contributed by atoms with Gasteiger partial charge in [0, 0.05) is 43.1 Å². The minimum atomic E-state index is 0.492. The van der Waals surface area contributed by atoms with Crippen molar-refractivity contribution in [2.45, 2.75) is 13.1 Å². The summed E-state index contributed by atoms with van der Waals surface area (Å²) in [5, 5.41) is 4.30. The summed E-state index contributed by atoms with van der Waals surface area (Å²) in [5.74, 6) is 1.37. The molecule has 6 heteroatoms. The summed E-state index contributed by atoms with van der Waals surface area (Å²) < 4.78 is 4.05. The third kappa shape index (κ3) is 3.28. The molecule has 0 radical (unpaired) electrons. The van der Waals surface area contributed by atoms with Crippen LogP contribution in [-0.2, 0) is 13.1 Å². The van der Waals surface area contributed by atoms with E-state index in [4.69, 9.17) is 5.73 Å². The molecule has 3 heterocycles. The summed E-state index contributed by atoms with van der Waals surface area (Å²) in [6, 6.07) is 14.1. The van der Waals surface area contributed by atoms with Crippen LogP contribution in [0, 0.1) is 0 Å². The van der Waals surface area contributed by atoms with Crippen LogP contribution in [0.4, 0.5) is 5.82 Å². The van der Waals surface area contributed by atoms with Gasteiger partial charge in [-0.1, -0.05) is 24.3 Å². The first-order chi connectivity index (χ1) is 12.3. The standard InChI is InChI=1S/C19H18N6/c20-18-12-15(6-8-21-18)19-22-9-11-24(19)13-16-4-1-2-5-17(16)14-25-10-3-7-23-25/h1-12H,13-14H2,(H2,20,21). The van der Waals surface area contributed by atoms with E-state index in [-0.39, 0.29) is 0 Å². The number of hydrogen-bond acceptors (Lipinski definition) is 4. The third-order valence-electron chi connectivity index (χ3n) is 4.11. The molecule has 0 bridgehead atoms. The van der Waals surface area contributed by atoms with E-state index in [0.717, 1.165) is 24.5 Å². The summed E-state index contributed by atoms with van der Waals surface area (Å²) in [5.41, 5.74) is 9.24. The molecule has 0 aliphatic rings. The molecular formula is C19H18N6. The Morgan fingerprint density at radius 3 is 2.44 bits per heavy atom. The molecule has 4 aromatic rings. The molecule has 0 saturated heterocycles. The van der Waals surface area contributed by atoms with Crippen molar-refractivity contribution in [2.75, 3.05) is 5.73 Å². The summed E-state index contributed by atoms with van der Waals surface area (Å²) in [6.45, 7) is 1.48. The molecule has 0 fully saturated rings. The van der Waals surface area contributed by atoms with Gasteiger partial charge in [-0.15, -0.1) is 0 Å². The van der Waals surface area contributed by atoms with Crippen molar-refractivity contribution in [3.8, 4) is 11.4 Å². The quantitative estimate of drug-likeness (QED) is 0.610. The first-order valence-electron chi connectivity index (χ1n) is 8.07. The molecule has 0 amide bonds. The van der Waals surface area contributed by atoms with Gasteiger partial charge in [-0.25, -0.2) is 9.97 Å². The topological polar surface area (TPSA) is 74.5 Å². The number of nitrogens with two attached hydrogens (primary N) is 1. The Morgan fingerprint density at radius 1 is 0.840 bits per heavy atom. The Morgan fingerprint density at radius 2 is 1.68 bits per heavy atom. The number of nitrogens with zero attached hydrogens (tertiary/aromatic N) is 5. The molecule has 4 rings (SSSR count). The van der Waals surface area contributed by atoms with E-state index in [1.807, 2.05) is 41.5 Å². The van der Waals surface area contributed by atoms with Crippen LogP contribution in [0.2, 0.25) is 0 Å². The summed E-state index contributed by atoms with van der Waals surface area (Å²) in [6.07, 6.45) is 9.26. The number of rotatable bonds is 5. The molecule has 1 aromatic carbocycles. The Kier molecular flexibility index (Phi) is 4.00. The van der Waals surface area contributed by atoms with Gasteiger partial charge in [0.05, 0.1) is 6.54 Å². The number of aromatic nitrogens is 5. The van der Waals surface area contributed by atoms with Crippen LogP contribution in [0.25, 0.3) is 11.4 Å². The van der Waals surface area contributed by atoms with Crippen LogP contribution in [0.15, 0.2) is 73.4 Å². The van der Waals surface area contributed by atoms with Gasteiger partial charge in [-0.2, -0.15) is 5.10 Å². The van der Waals surface area contributed by atoms with Crippen molar-refractivity contribution < 1.29 is 0 Å². The minimum Gasteiger partial charge on any atom is -0.384 e. The first kappa shape index (κ1) is 15.1. The Balaban J connectivity index is 1.65. The number of benzene rings is 1. The van der Waals surface area contributed by atoms with Gasteiger partial charge in [0.2, 0.25) is 0 Å². The second-order valence-corrected chi connectivity index (χ2v) is 5.82. The highest BCUT2D eigenvalue weighted by molar-refractivity contribution is 5.59. The predicted octanol–water partition coefficient (Wildman–Crippen LogP) is 2.82. The number of hydrogen-bond donors (Lipinski definition) is 1. The molecule has 0 unspecified atom stereocenters. The lowest BCUT2D eigenvalue weighted by Gasteiger charge is -2.13. The monoisotopic (exact) mass is 330 g/mol. The maximum Gasteiger partial charge on any atom is 0.140 e. The van der Waals surface area contributed by atoms with Gasteiger partial charge < -0.3 is 10.3 Å². The van der Waals surface area contributed by atoms with Gasteiger partial charge in [0.25, 0.3) is 0 Å². The number of pyridine rings is 1. The molecular weight excluding hydrogens is 312 g/mol. The summed E-state index contributed by atoms with van der Waals surface area (Å²) >= 11 is 0. The van der Waals surface area contributed by atoms with Gasteiger partial charge in [0.1, 0.15) is 11.6 Å². The van der Waals surface area contributed by atoms with Crippen molar-refractivity contribution in [2.24, 2.45) is 0 Å². The molecule has 0 spiro atoms. The van der Waals surface area contributed by atoms with E-state index < -0.39 is 0 Å². The van der Waals surface area contributed by atoms with Crippen LogP contribution < -0.4 is 5.73 Å². The smallest absolute Gasteiger partial charge is 0.140 e. The van der Waals surface area contributed by atoms with Crippen molar-refractivity contribution in [1.29, 1.82) is 0 Å². The second-order valence-electron chi connectivity index (χ2n) is 5.82. The molecule has 0 aliphatic carbocycles. The Hall–Kier alpha value is -3.41. The van der Waals surface area contributed by atoms with Crippen molar-refractivity contribution in [3.63, 3.8) is 0 Å². The second kappa shape index (κ2) is 6.60. The fourth-order valence-corrected chi connectivity index (χ4v) is 2.90. The highest BCUT2D eigenvalue weighted by atomic mass is 15.3. The molecule has 0 atom stereocenters. The zero-order chi connectivity index (χ0) is 17.1. The lowest BCUT2D eigenvalue weighted by atomic mass is 10.1. The van der Waals surface area contributed by atoms with E-state index >= 15 is 0 Å². The maximum atomic E-state index is 5.81. The molecule has 3 aromatic heterocycles. The van der Waals surface area contributed by atoms with Crippen molar-refractivity contribution in [3.05, 3.63) is 84.6 Å². The van der Waals surface area contributed by atoms with Crippen molar-refractivity contribution >= 4 is 5.82 Å². The zero-order valence-electron chi connectivity index (χ0n) is 13.7. The van der Waals surface area contributed by atoms with Crippen LogP contribution in [-0.4, -0.2) is 24.3 Å². The van der Waals surface area contributed by atoms with Crippen LogP contribution in [0.3, 0.4) is 0 Å². The van der Waals surface area contributed by atoms with Crippen LogP contribution >= 0.6 is 0 Å². The Bertz CT molecular complexity index is 971. The van der Waals surface area contributed by atoms with E-state index in [1.54, 1.807) is 12.4 Å². The number of anilines is 1. The fourth-order valence-electron chi connectivity index (χ4n) is 2.90. The summed E-state index contributed by atoms with van der Waals surface area (Å²) in [7, 11) is 0. The normalized spacial score (nSPS) is 10.9. The molecule has 6 nitrogen and oxygen atoms in total.